The Kier molecular flexibility index (Phi) is 2.11. The third kappa shape index (κ3) is 1.36. The van der Waals surface area contributed by atoms with Crippen molar-refractivity contribution in [3.63, 3.8) is 0 Å². The maximum Gasteiger partial charge on any atom is 0.124 e. The molecule has 0 bridgehead atoms. The van der Waals surface area contributed by atoms with Gasteiger partial charge in [-0.2, -0.15) is 0 Å². The van der Waals surface area contributed by atoms with Gasteiger partial charge < -0.3 is 0 Å². The van der Waals surface area contributed by atoms with Crippen LogP contribution in [0.2, 0.25) is 5.02 Å². The predicted molar refractivity (Wildman–Crippen MR) is 51.4 cm³/mol. The van der Waals surface area contributed by atoms with Gasteiger partial charge in [-0.05, 0) is 18.2 Å². The molecule has 0 saturated carbocycles. The van der Waals surface area contributed by atoms with E-state index in [-0.39, 0.29) is 0 Å². The molecule has 0 unspecified atom stereocenters. The van der Waals surface area contributed by atoms with Crippen molar-refractivity contribution in [1.82, 2.24) is 4.98 Å². The highest BCUT2D eigenvalue weighted by Crippen LogP contribution is 2.28. The quantitative estimate of drug-likeness (QED) is 0.679. The van der Waals surface area contributed by atoms with Gasteiger partial charge in [0.25, 0.3) is 0 Å². The van der Waals surface area contributed by atoms with Gasteiger partial charge >= 0.3 is 0 Å². The van der Waals surface area contributed by atoms with Gasteiger partial charge in [-0.3, -0.25) is 0 Å². The van der Waals surface area contributed by atoms with Crippen molar-refractivity contribution in [1.29, 1.82) is 0 Å². The van der Waals surface area contributed by atoms with Crippen LogP contribution in [-0.4, -0.2) is 4.98 Å². The molecule has 59 valence electrons. The molecule has 0 spiro atoms. The van der Waals surface area contributed by atoms with Gasteiger partial charge in [-0.1, -0.05) is 17.7 Å². The summed E-state index contributed by atoms with van der Waals surface area (Å²) in [6.45, 7) is 0. The molecule has 1 radical (unpaired) electrons. The Morgan fingerprint density at radius 3 is 3.08 bits per heavy atom. The van der Waals surface area contributed by atoms with Crippen LogP contribution in [-0.2, 0) is 0 Å². The highest BCUT2D eigenvalue weighted by molar-refractivity contribution is 7.13. The summed E-state index contributed by atoms with van der Waals surface area (Å²) < 4.78 is 0. The fourth-order valence-electron chi connectivity index (χ4n) is 0.932. The Hall–Kier alpha value is -0.860. The second-order valence-corrected chi connectivity index (χ2v) is 3.54. The van der Waals surface area contributed by atoms with Crippen molar-refractivity contribution in [2.75, 3.05) is 0 Å². The van der Waals surface area contributed by atoms with Crippen LogP contribution in [0.4, 0.5) is 0 Å². The number of hydrogen-bond acceptors (Lipinski definition) is 2. The first-order valence-electron chi connectivity index (χ1n) is 3.43. The predicted octanol–water partition coefficient (Wildman–Crippen LogP) is 3.26. The van der Waals surface area contributed by atoms with Gasteiger partial charge in [0, 0.05) is 17.1 Å². The highest BCUT2D eigenvalue weighted by atomic mass is 35.5. The molecule has 0 aliphatic rings. The van der Waals surface area contributed by atoms with Crippen LogP contribution in [0.25, 0.3) is 10.6 Å². The lowest BCUT2D eigenvalue weighted by Crippen LogP contribution is -1.75. The minimum Gasteiger partial charge on any atom is -0.244 e. The molecule has 0 aliphatic heterocycles. The molecule has 0 amide bonds. The second-order valence-electron chi connectivity index (χ2n) is 2.24. The normalized spacial score (nSPS) is 10.1. The van der Waals surface area contributed by atoms with Crippen molar-refractivity contribution < 1.29 is 0 Å². The van der Waals surface area contributed by atoms with Crippen molar-refractivity contribution in [3.05, 3.63) is 40.9 Å². The van der Waals surface area contributed by atoms with E-state index in [0.717, 1.165) is 15.6 Å². The topological polar surface area (TPSA) is 12.9 Å². The number of aromatic nitrogens is 1. The van der Waals surface area contributed by atoms with Gasteiger partial charge in [-0.25, -0.2) is 4.98 Å². The average molecular weight is 195 g/mol. The van der Waals surface area contributed by atoms with E-state index >= 15 is 0 Å². The van der Waals surface area contributed by atoms with E-state index in [9.17, 15) is 0 Å². The third-order valence-corrected chi connectivity index (χ3v) is 2.61. The number of hydrogen-bond donors (Lipinski definition) is 0. The summed E-state index contributed by atoms with van der Waals surface area (Å²) in [4.78, 5) is 4.16. The molecular formula is C9H5ClNS. The Balaban J connectivity index is 2.55. The zero-order valence-electron chi connectivity index (χ0n) is 6.12. The van der Waals surface area contributed by atoms with E-state index < -0.39 is 0 Å². The molecule has 1 aromatic heterocycles. The van der Waals surface area contributed by atoms with Gasteiger partial charge in [0.15, 0.2) is 0 Å². The zero-order chi connectivity index (χ0) is 8.39. The van der Waals surface area contributed by atoms with Crippen LogP contribution in [0.15, 0.2) is 29.8 Å². The third-order valence-electron chi connectivity index (χ3n) is 1.47. The van der Waals surface area contributed by atoms with E-state index in [0.29, 0.717) is 0 Å². The average Bonchev–Trinajstić information content (AvgIpc) is 2.57. The first-order chi connectivity index (χ1) is 5.88. The monoisotopic (exact) mass is 194 g/mol. The van der Waals surface area contributed by atoms with Crippen molar-refractivity contribution >= 4 is 22.9 Å². The fourth-order valence-corrected chi connectivity index (χ4v) is 1.86. The lowest BCUT2D eigenvalue weighted by Gasteiger charge is -1.96. The maximum absolute atomic E-state index is 5.96. The fraction of sp³-hybridized carbons (Fsp3) is 0. The highest BCUT2D eigenvalue weighted by Gasteiger charge is 2.03. The Bertz CT molecular complexity index is 370. The molecule has 1 aromatic carbocycles. The van der Waals surface area contributed by atoms with Crippen LogP contribution in [0.5, 0.6) is 0 Å². The molecule has 2 aromatic rings. The van der Waals surface area contributed by atoms with Gasteiger partial charge in [-0.15, -0.1) is 11.3 Å². The lowest BCUT2D eigenvalue weighted by atomic mass is 10.2. The van der Waals surface area contributed by atoms with Gasteiger partial charge in [0.05, 0.1) is 5.02 Å². The van der Waals surface area contributed by atoms with E-state index in [4.69, 9.17) is 11.6 Å². The summed E-state index contributed by atoms with van der Waals surface area (Å²) in [6, 6.07) is 8.43. The van der Waals surface area contributed by atoms with E-state index in [1.165, 1.54) is 0 Å². The maximum atomic E-state index is 5.96. The molecule has 0 N–H and O–H groups in total. The number of thiazole rings is 1. The molecule has 0 aliphatic carbocycles. The minimum atomic E-state index is 0.726. The Morgan fingerprint density at radius 2 is 2.42 bits per heavy atom. The molecule has 1 nitrogen and oxygen atoms in total. The Labute approximate surface area is 79.7 Å². The second kappa shape index (κ2) is 3.25. The number of nitrogens with zero attached hydrogens (tertiary/aromatic N) is 1. The van der Waals surface area contributed by atoms with Crippen LogP contribution >= 0.6 is 22.9 Å². The summed E-state index contributed by atoms with van der Waals surface area (Å²) in [5, 5.41) is 3.60. The van der Waals surface area contributed by atoms with Crippen LogP contribution in [0, 0.1) is 6.07 Å². The number of halogens is 1. The smallest absolute Gasteiger partial charge is 0.124 e. The van der Waals surface area contributed by atoms with Crippen molar-refractivity contribution in [3.8, 4) is 10.6 Å². The molecule has 12 heavy (non-hydrogen) atoms. The summed E-state index contributed by atoms with van der Waals surface area (Å²) in [7, 11) is 0. The molecule has 0 atom stereocenters. The first-order valence-corrected chi connectivity index (χ1v) is 4.69. The summed E-state index contributed by atoms with van der Waals surface area (Å²) >= 11 is 7.54. The van der Waals surface area contributed by atoms with Gasteiger partial charge in [0.1, 0.15) is 5.01 Å². The molecule has 3 heteroatoms. The number of benzene rings is 1. The minimum absolute atomic E-state index is 0.726. The summed E-state index contributed by atoms with van der Waals surface area (Å²) in [5.74, 6) is 0. The van der Waals surface area contributed by atoms with E-state index in [2.05, 4.69) is 11.1 Å². The van der Waals surface area contributed by atoms with Crippen molar-refractivity contribution in [2.45, 2.75) is 0 Å². The van der Waals surface area contributed by atoms with E-state index in [1.54, 1.807) is 23.6 Å². The van der Waals surface area contributed by atoms with Crippen LogP contribution in [0.3, 0.4) is 0 Å². The Morgan fingerprint density at radius 1 is 1.50 bits per heavy atom. The summed E-state index contributed by atoms with van der Waals surface area (Å²) in [6.07, 6.45) is 1.77. The summed E-state index contributed by atoms with van der Waals surface area (Å²) in [5.41, 5.74) is 0.953. The van der Waals surface area contributed by atoms with Gasteiger partial charge in [0.2, 0.25) is 0 Å². The molecule has 2 rings (SSSR count). The molecular weight excluding hydrogens is 190 g/mol. The molecule has 1 heterocycles. The molecule has 0 fully saturated rings. The van der Waals surface area contributed by atoms with Crippen LogP contribution in [0.1, 0.15) is 0 Å². The number of rotatable bonds is 1. The molecule has 0 saturated heterocycles. The van der Waals surface area contributed by atoms with E-state index in [1.807, 2.05) is 17.5 Å². The zero-order valence-corrected chi connectivity index (χ0v) is 7.69. The van der Waals surface area contributed by atoms with Crippen LogP contribution < -0.4 is 0 Å². The van der Waals surface area contributed by atoms with Crippen molar-refractivity contribution in [2.24, 2.45) is 0 Å². The lowest BCUT2D eigenvalue weighted by molar-refractivity contribution is 1.41. The SMILES string of the molecule is Clc1cc[c]cc1-c1nccs1. The standard InChI is InChI=1S/C9H5ClNS/c10-8-4-2-1-3-7(8)9-11-5-6-12-9/h2-6H. The first kappa shape index (κ1) is 7.77. The largest absolute Gasteiger partial charge is 0.244 e.